The zero-order valence-electron chi connectivity index (χ0n) is 23.2. The molecular formula is C40H24N2O. The van der Waals surface area contributed by atoms with Crippen molar-refractivity contribution in [2.45, 2.75) is 0 Å². The molecule has 0 N–H and O–H groups in total. The summed E-state index contributed by atoms with van der Waals surface area (Å²) in [5.74, 6) is 0.713. The van der Waals surface area contributed by atoms with Crippen LogP contribution in [0.25, 0.3) is 88.2 Å². The Bertz CT molecular complexity index is 2520. The molecule has 2 aromatic heterocycles. The molecule has 43 heavy (non-hydrogen) atoms. The molecule has 0 unspecified atom stereocenters. The van der Waals surface area contributed by atoms with Gasteiger partial charge < -0.3 is 4.42 Å². The van der Waals surface area contributed by atoms with E-state index in [2.05, 4.69) is 127 Å². The molecule has 0 radical (unpaired) electrons. The molecule has 200 valence electrons. The van der Waals surface area contributed by atoms with Gasteiger partial charge in [0.1, 0.15) is 11.2 Å². The number of nitrogens with zero attached hydrogens (tertiary/aromatic N) is 2. The molecule has 7 aromatic carbocycles. The van der Waals surface area contributed by atoms with Gasteiger partial charge in [-0.25, -0.2) is 9.97 Å². The third-order valence-electron chi connectivity index (χ3n) is 8.44. The maximum Gasteiger partial charge on any atom is 0.160 e. The summed E-state index contributed by atoms with van der Waals surface area (Å²) in [4.78, 5) is 10.4. The Labute approximate surface area is 247 Å². The second-order valence-corrected chi connectivity index (χ2v) is 11.0. The number of hydrogen-bond donors (Lipinski definition) is 0. The monoisotopic (exact) mass is 548 g/mol. The molecular weight excluding hydrogens is 524 g/mol. The fourth-order valence-electron chi connectivity index (χ4n) is 6.33. The molecule has 9 rings (SSSR count). The quantitative estimate of drug-likeness (QED) is 0.220. The summed E-state index contributed by atoms with van der Waals surface area (Å²) in [6.07, 6.45) is 0. The smallest absolute Gasteiger partial charge is 0.160 e. The van der Waals surface area contributed by atoms with Crippen molar-refractivity contribution in [3.05, 3.63) is 146 Å². The van der Waals surface area contributed by atoms with Crippen LogP contribution in [0.1, 0.15) is 0 Å². The van der Waals surface area contributed by atoms with Crippen LogP contribution in [0.3, 0.4) is 0 Å². The lowest BCUT2D eigenvalue weighted by atomic mass is 9.96. The molecule has 0 atom stereocenters. The van der Waals surface area contributed by atoms with E-state index in [1.54, 1.807) is 0 Å². The third kappa shape index (κ3) is 3.90. The zero-order chi connectivity index (χ0) is 28.3. The number of hydrogen-bond acceptors (Lipinski definition) is 3. The van der Waals surface area contributed by atoms with Crippen LogP contribution in [-0.2, 0) is 0 Å². The van der Waals surface area contributed by atoms with Gasteiger partial charge in [0.05, 0.1) is 11.2 Å². The van der Waals surface area contributed by atoms with Gasteiger partial charge >= 0.3 is 0 Å². The number of rotatable bonds is 3. The van der Waals surface area contributed by atoms with Crippen LogP contribution in [-0.4, -0.2) is 9.97 Å². The molecule has 0 aliphatic rings. The molecule has 9 aromatic rings. The molecule has 0 aliphatic carbocycles. The van der Waals surface area contributed by atoms with Crippen molar-refractivity contribution in [1.82, 2.24) is 9.97 Å². The van der Waals surface area contributed by atoms with E-state index in [1.165, 1.54) is 21.5 Å². The molecule has 0 saturated heterocycles. The maximum absolute atomic E-state index is 6.20. The highest BCUT2D eigenvalue weighted by Gasteiger charge is 2.16. The number of para-hydroxylation sites is 1. The molecule has 3 heteroatoms. The summed E-state index contributed by atoms with van der Waals surface area (Å²) < 4.78 is 6.20. The Hall–Kier alpha value is -5.80. The first kappa shape index (κ1) is 23.9. The van der Waals surface area contributed by atoms with Crippen molar-refractivity contribution in [2.24, 2.45) is 0 Å². The van der Waals surface area contributed by atoms with Crippen molar-refractivity contribution >= 4 is 54.4 Å². The second-order valence-electron chi connectivity index (χ2n) is 11.0. The minimum Gasteiger partial charge on any atom is -0.456 e. The van der Waals surface area contributed by atoms with Crippen LogP contribution < -0.4 is 0 Å². The van der Waals surface area contributed by atoms with E-state index in [0.29, 0.717) is 5.82 Å². The average molecular weight is 549 g/mol. The Morgan fingerprint density at radius 1 is 0.419 bits per heavy atom. The topological polar surface area (TPSA) is 38.9 Å². The third-order valence-corrected chi connectivity index (χ3v) is 8.44. The Morgan fingerprint density at radius 2 is 1.07 bits per heavy atom. The normalized spacial score (nSPS) is 11.7. The first-order valence-electron chi connectivity index (χ1n) is 14.5. The van der Waals surface area contributed by atoms with E-state index in [4.69, 9.17) is 14.4 Å². The minimum atomic E-state index is 0.713. The fraction of sp³-hybridized carbons (Fsp3) is 0. The first-order chi connectivity index (χ1) is 21.3. The van der Waals surface area contributed by atoms with Gasteiger partial charge in [0.2, 0.25) is 0 Å². The molecule has 0 amide bonds. The van der Waals surface area contributed by atoms with Gasteiger partial charge in [0, 0.05) is 27.3 Å². The number of benzene rings is 7. The highest BCUT2D eigenvalue weighted by Crippen LogP contribution is 2.39. The predicted molar refractivity (Wildman–Crippen MR) is 178 cm³/mol. The average Bonchev–Trinajstić information content (AvgIpc) is 3.46. The molecule has 2 heterocycles. The Morgan fingerprint density at radius 3 is 1.88 bits per heavy atom. The maximum atomic E-state index is 6.20. The molecule has 0 aliphatic heterocycles. The lowest BCUT2D eigenvalue weighted by molar-refractivity contribution is 0.669. The van der Waals surface area contributed by atoms with E-state index in [0.717, 1.165) is 60.8 Å². The first-order valence-corrected chi connectivity index (χ1v) is 14.5. The van der Waals surface area contributed by atoms with Crippen LogP contribution >= 0.6 is 0 Å². The Balaban J connectivity index is 1.31. The molecule has 0 bridgehead atoms. The summed E-state index contributed by atoms with van der Waals surface area (Å²) in [7, 11) is 0. The highest BCUT2D eigenvalue weighted by molar-refractivity contribution is 6.13. The van der Waals surface area contributed by atoms with Crippen molar-refractivity contribution in [3.63, 3.8) is 0 Å². The highest BCUT2D eigenvalue weighted by atomic mass is 16.3. The molecule has 0 spiro atoms. The summed E-state index contributed by atoms with van der Waals surface area (Å²) >= 11 is 0. The molecule has 0 fully saturated rings. The van der Waals surface area contributed by atoms with Crippen LogP contribution in [0.2, 0.25) is 0 Å². The lowest BCUT2D eigenvalue weighted by Crippen LogP contribution is -1.96. The van der Waals surface area contributed by atoms with Crippen molar-refractivity contribution in [2.75, 3.05) is 0 Å². The largest absolute Gasteiger partial charge is 0.456 e. The lowest BCUT2D eigenvalue weighted by Gasteiger charge is -2.12. The van der Waals surface area contributed by atoms with Gasteiger partial charge in [-0.05, 0) is 69.1 Å². The number of furan rings is 1. The summed E-state index contributed by atoms with van der Waals surface area (Å²) in [5.41, 5.74) is 7.90. The van der Waals surface area contributed by atoms with E-state index < -0.39 is 0 Å². The summed E-state index contributed by atoms with van der Waals surface area (Å²) in [6, 6.07) is 50.9. The van der Waals surface area contributed by atoms with Crippen molar-refractivity contribution < 1.29 is 4.42 Å². The van der Waals surface area contributed by atoms with Gasteiger partial charge in [0.15, 0.2) is 5.82 Å². The Kier molecular flexibility index (Phi) is 5.20. The van der Waals surface area contributed by atoms with Gasteiger partial charge in [0.25, 0.3) is 0 Å². The minimum absolute atomic E-state index is 0.713. The SMILES string of the molecule is c1ccc2cc(-c3nc(-c4ccc5ccccc5c4)c4ccc(-c5cccc6oc7ccccc7c56)cc4n3)ccc2c1. The molecule has 0 saturated carbocycles. The predicted octanol–water partition coefficient (Wildman–Crippen LogP) is 10.8. The van der Waals surface area contributed by atoms with E-state index in [1.807, 2.05) is 18.2 Å². The summed E-state index contributed by atoms with van der Waals surface area (Å²) in [5, 5.41) is 8.03. The number of aromatic nitrogens is 2. The van der Waals surface area contributed by atoms with Gasteiger partial charge in [-0.2, -0.15) is 0 Å². The van der Waals surface area contributed by atoms with Crippen LogP contribution in [0.15, 0.2) is 150 Å². The second kappa shape index (κ2) is 9.37. The van der Waals surface area contributed by atoms with Crippen molar-refractivity contribution in [3.8, 4) is 33.8 Å². The number of fused-ring (bicyclic) bond motifs is 6. The van der Waals surface area contributed by atoms with Gasteiger partial charge in [-0.1, -0.05) is 109 Å². The van der Waals surface area contributed by atoms with Gasteiger partial charge in [-0.3, -0.25) is 0 Å². The molecule has 3 nitrogen and oxygen atoms in total. The van der Waals surface area contributed by atoms with E-state index >= 15 is 0 Å². The summed E-state index contributed by atoms with van der Waals surface area (Å²) in [6.45, 7) is 0. The van der Waals surface area contributed by atoms with E-state index in [9.17, 15) is 0 Å². The zero-order valence-corrected chi connectivity index (χ0v) is 23.2. The van der Waals surface area contributed by atoms with Crippen molar-refractivity contribution in [1.29, 1.82) is 0 Å². The van der Waals surface area contributed by atoms with E-state index in [-0.39, 0.29) is 0 Å². The van der Waals surface area contributed by atoms with Crippen LogP contribution in [0.5, 0.6) is 0 Å². The standard InChI is InChI=1S/C40H24N2O/c1-3-10-27-22-30(18-16-25(27)8-1)39-33-21-20-29(32-13-7-15-37-38(32)34-12-5-6-14-36(34)43-37)24-35(33)41-40(42-39)31-19-17-26-9-2-4-11-28(26)23-31/h1-24H. The van der Waals surface area contributed by atoms with Gasteiger partial charge in [-0.15, -0.1) is 0 Å². The van der Waals surface area contributed by atoms with Crippen LogP contribution in [0.4, 0.5) is 0 Å². The fourth-order valence-corrected chi connectivity index (χ4v) is 6.33. The van der Waals surface area contributed by atoms with Crippen LogP contribution in [0, 0.1) is 0 Å².